The maximum Gasteiger partial charge on any atom is 0.255 e. The lowest BCUT2D eigenvalue weighted by atomic mass is 10.1. The number of benzene rings is 2. The molecule has 0 saturated carbocycles. The van der Waals surface area contributed by atoms with Crippen LogP contribution in [-0.2, 0) is 10.0 Å². The summed E-state index contributed by atoms with van der Waals surface area (Å²) >= 11 is 0. The summed E-state index contributed by atoms with van der Waals surface area (Å²) in [4.78, 5) is 12.4. The van der Waals surface area contributed by atoms with Gasteiger partial charge in [0.25, 0.3) is 5.91 Å². The smallest absolute Gasteiger partial charge is 0.255 e. The largest absolute Gasteiger partial charge is 0.321 e. The first-order valence-corrected chi connectivity index (χ1v) is 9.72. The number of carbonyl (C=O) groups is 1. The number of anilines is 1. The molecule has 0 aliphatic heterocycles. The minimum Gasteiger partial charge on any atom is -0.321 e. The molecule has 6 nitrogen and oxygen atoms in total. The summed E-state index contributed by atoms with van der Waals surface area (Å²) in [7, 11) is -3.59. The van der Waals surface area contributed by atoms with Gasteiger partial charge in [-0.2, -0.15) is 5.26 Å². The Balaban J connectivity index is 2.09. The van der Waals surface area contributed by atoms with E-state index in [0.29, 0.717) is 29.3 Å². The molecule has 0 heterocycles. The summed E-state index contributed by atoms with van der Waals surface area (Å²) in [6, 6.07) is 14.3. The van der Waals surface area contributed by atoms with E-state index in [4.69, 9.17) is 5.26 Å². The molecule has 0 unspecified atom stereocenters. The van der Waals surface area contributed by atoms with E-state index in [0.717, 1.165) is 6.42 Å². The Morgan fingerprint density at radius 2 is 1.77 bits per heavy atom. The van der Waals surface area contributed by atoms with E-state index < -0.39 is 15.9 Å². The second-order valence-electron chi connectivity index (χ2n) is 6.22. The van der Waals surface area contributed by atoms with Crippen LogP contribution in [0.2, 0.25) is 0 Å². The van der Waals surface area contributed by atoms with Gasteiger partial charge in [0.15, 0.2) is 0 Å². The predicted octanol–water partition coefficient (Wildman–Crippen LogP) is 3.13. The van der Waals surface area contributed by atoms with Crippen LogP contribution in [0.25, 0.3) is 0 Å². The first-order valence-electron chi connectivity index (χ1n) is 8.23. The molecule has 0 aliphatic rings. The van der Waals surface area contributed by atoms with Crippen molar-refractivity contribution in [2.24, 2.45) is 5.92 Å². The zero-order valence-electron chi connectivity index (χ0n) is 14.7. The van der Waals surface area contributed by atoms with Crippen LogP contribution < -0.4 is 10.0 Å². The number of amides is 1. The third-order valence-electron chi connectivity index (χ3n) is 3.74. The Morgan fingerprint density at radius 1 is 1.12 bits per heavy atom. The molecule has 2 aromatic carbocycles. The zero-order valence-corrected chi connectivity index (χ0v) is 15.5. The Bertz CT molecular complexity index is 914. The lowest BCUT2D eigenvalue weighted by Crippen LogP contribution is -2.25. The van der Waals surface area contributed by atoms with E-state index in [9.17, 15) is 13.2 Å². The van der Waals surface area contributed by atoms with E-state index in [1.165, 1.54) is 24.3 Å². The standard InChI is InChI=1S/C19H21N3O3S/c1-14(2)11-12-21-26(24,25)17-9-7-15(8-10-17)19(23)22-18-6-4-3-5-16(18)13-20/h3-10,14,21H,11-12H2,1-2H3,(H,22,23). The fourth-order valence-corrected chi connectivity index (χ4v) is 3.28. The molecule has 0 atom stereocenters. The van der Waals surface area contributed by atoms with Crippen LogP contribution in [0.15, 0.2) is 53.4 Å². The van der Waals surface area contributed by atoms with Crippen molar-refractivity contribution in [3.8, 4) is 6.07 Å². The van der Waals surface area contributed by atoms with Crippen LogP contribution in [0.5, 0.6) is 0 Å². The van der Waals surface area contributed by atoms with Crippen molar-refractivity contribution >= 4 is 21.6 Å². The first kappa shape index (κ1) is 19.6. The fourth-order valence-electron chi connectivity index (χ4n) is 2.23. The number of sulfonamides is 1. The number of para-hydroxylation sites is 1. The van der Waals surface area contributed by atoms with E-state index >= 15 is 0 Å². The Hall–Kier alpha value is -2.69. The SMILES string of the molecule is CC(C)CCNS(=O)(=O)c1ccc(C(=O)Nc2ccccc2C#N)cc1. The average molecular weight is 371 g/mol. The number of hydrogen-bond acceptors (Lipinski definition) is 4. The summed E-state index contributed by atoms with van der Waals surface area (Å²) in [5, 5.41) is 11.7. The van der Waals surface area contributed by atoms with Crippen molar-refractivity contribution in [2.45, 2.75) is 25.2 Å². The third-order valence-corrected chi connectivity index (χ3v) is 5.21. The van der Waals surface area contributed by atoms with Gasteiger partial charge in [0.05, 0.1) is 16.1 Å². The molecule has 0 bridgehead atoms. The number of nitrogens with zero attached hydrogens (tertiary/aromatic N) is 1. The number of nitrogens with one attached hydrogen (secondary N) is 2. The molecule has 2 aromatic rings. The number of carbonyl (C=O) groups excluding carboxylic acids is 1. The normalized spacial score (nSPS) is 11.2. The van der Waals surface area contributed by atoms with E-state index in [-0.39, 0.29) is 4.90 Å². The van der Waals surface area contributed by atoms with Gasteiger partial charge < -0.3 is 5.32 Å². The molecular formula is C19H21N3O3S. The van der Waals surface area contributed by atoms with Crippen molar-refractivity contribution in [1.29, 1.82) is 5.26 Å². The maximum atomic E-state index is 12.3. The van der Waals surface area contributed by atoms with Crippen LogP contribution >= 0.6 is 0 Å². The molecule has 0 aromatic heterocycles. The number of nitriles is 1. The van der Waals surface area contributed by atoms with Crippen molar-refractivity contribution in [3.05, 3.63) is 59.7 Å². The lowest BCUT2D eigenvalue weighted by Gasteiger charge is -2.10. The highest BCUT2D eigenvalue weighted by atomic mass is 32.2. The van der Waals surface area contributed by atoms with Gasteiger partial charge in [-0.3, -0.25) is 4.79 Å². The Labute approximate surface area is 153 Å². The third kappa shape index (κ3) is 5.15. The topological polar surface area (TPSA) is 99.1 Å². The average Bonchev–Trinajstić information content (AvgIpc) is 2.61. The van der Waals surface area contributed by atoms with Crippen LogP contribution in [0.1, 0.15) is 36.2 Å². The minimum atomic E-state index is -3.59. The molecular weight excluding hydrogens is 350 g/mol. The van der Waals surface area contributed by atoms with Crippen molar-refractivity contribution in [2.75, 3.05) is 11.9 Å². The molecule has 136 valence electrons. The molecule has 2 N–H and O–H groups in total. The second kappa shape index (κ2) is 8.61. The molecule has 2 rings (SSSR count). The van der Waals surface area contributed by atoms with Gasteiger partial charge in [-0.1, -0.05) is 26.0 Å². The molecule has 0 spiro atoms. The first-order chi connectivity index (χ1) is 12.3. The fraction of sp³-hybridized carbons (Fsp3) is 0.263. The summed E-state index contributed by atoms with van der Waals surface area (Å²) < 4.78 is 27.0. The minimum absolute atomic E-state index is 0.107. The van der Waals surface area contributed by atoms with Gasteiger partial charge in [-0.25, -0.2) is 13.1 Å². The zero-order chi connectivity index (χ0) is 19.2. The molecule has 0 saturated heterocycles. The number of rotatable bonds is 7. The van der Waals surface area contributed by atoms with Crippen LogP contribution in [0.4, 0.5) is 5.69 Å². The summed E-state index contributed by atoms with van der Waals surface area (Å²) in [6.07, 6.45) is 0.748. The van der Waals surface area contributed by atoms with E-state index in [1.54, 1.807) is 24.3 Å². The predicted molar refractivity (Wildman–Crippen MR) is 100 cm³/mol. The van der Waals surface area contributed by atoms with Gasteiger partial charge in [0, 0.05) is 12.1 Å². The van der Waals surface area contributed by atoms with E-state index in [2.05, 4.69) is 10.0 Å². The quantitative estimate of drug-likeness (QED) is 0.781. The van der Waals surface area contributed by atoms with Gasteiger partial charge in [-0.15, -0.1) is 0 Å². The van der Waals surface area contributed by atoms with Crippen molar-refractivity contribution in [1.82, 2.24) is 4.72 Å². The van der Waals surface area contributed by atoms with Gasteiger partial charge in [0.1, 0.15) is 6.07 Å². The van der Waals surface area contributed by atoms with Crippen molar-refractivity contribution in [3.63, 3.8) is 0 Å². The summed E-state index contributed by atoms with van der Waals surface area (Å²) in [5.41, 5.74) is 1.07. The van der Waals surface area contributed by atoms with Crippen LogP contribution in [0, 0.1) is 17.2 Å². The molecule has 0 fully saturated rings. The lowest BCUT2D eigenvalue weighted by molar-refractivity contribution is 0.102. The van der Waals surface area contributed by atoms with Gasteiger partial charge in [0.2, 0.25) is 10.0 Å². The molecule has 1 amide bonds. The van der Waals surface area contributed by atoms with Crippen LogP contribution in [-0.4, -0.2) is 20.9 Å². The Morgan fingerprint density at radius 3 is 2.38 bits per heavy atom. The molecule has 0 radical (unpaired) electrons. The molecule has 26 heavy (non-hydrogen) atoms. The van der Waals surface area contributed by atoms with Crippen LogP contribution in [0.3, 0.4) is 0 Å². The molecule has 0 aliphatic carbocycles. The van der Waals surface area contributed by atoms with Gasteiger partial charge in [-0.05, 0) is 48.7 Å². The summed E-state index contributed by atoms with van der Waals surface area (Å²) in [6.45, 7) is 4.41. The highest BCUT2D eigenvalue weighted by Gasteiger charge is 2.15. The maximum absolute atomic E-state index is 12.3. The highest BCUT2D eigenvalue weighted by Crippen LogP contribution is 2.16. The molecule has 7 heteroatoms. The summed E-state index contributed by atoms with van der Waals surface area (Å²) in [5.74, 6) is -0.00975. The monoisotopic (exact) mass is 371 g/mol. The number of hydrogen-bond donors (Lipinski definition) is 2. The highest BCUT2D eigenvalue weighted by molar-refractivity contribution is 7.89. The van der Waals surface area contributed by atoms with Gasteiger partial charge >= 0.3 is 0 Å². The van der Waals surface area contributed by atoms with Crippen molar-refractivity contribution < 1.29 is 13.2 Å². The van der Waals surface area contributed by atoms with E-state index in [1.807, 2.05) is 19.9 Å². The Kier molecular flexibility index (Phi) is 6.50. The second-order valence-corrected chi connectivity index (χ2v) is 7.98.